The summed E-state index contributed by atoms with van der Waals surface area (Å²) in [4.78, 5) is 14.5. The number of H-pyrrole nitrogens is 1. The van der Waals surface area contributed by atoms with Gasteiger partial charge in [0.2, 0.25) is 0 Å². The van der Waals surface area contributed by atoms with Gasteiger partial charge in [0.1, 0.15) is 12.2 Å². The maximum Gasteiger partial charge on any atom is 0.421 e. The molecule has 1 heterocycles. The van der Waals surface area contributed by atoms with E-state index >= 15 is 0 Å². The van der Waals surface area contributed by atoms with Gasteiger partial charge < -0.3 is 4.74 Å². The SMILES string of the molecule is COC(=O)NS(=O)(=O)N(C)Cc1ncn[nH]1. The molecule has 10 heteroatoms. The van der Waals surface area contributed by atoms with Gasteiger partial charge in [0.25, 0.3) is 0 Å². The molecular formula is C6H11N5O4S. The molecule has 16 heavy (non-hydrogen) atoms. The lowest BCUT2D eigenvalue weighted by Gasteiger charge is -2.15. The quantitative estimate of drug-likeness (QED) is 0.694. The van der Waals surface area contributed by atoms with E-state index in [1.54, 1.807) is 4.72 Å². The highest BCUT2D eigenvalue weighted by atomic mass is 32.2. The summed E-state index contributed by atoms with van der Waals surface area (Å²) in [6.45, 7) is -0.0354. The maximum atomic E-state index is 11.5. The third-order valence-corrected chi connectivity index (χ3v) is 3.02. The molecule has 0 radical (unpaired) electrons. The van der Waals surface area contributed by atoms with Crippen molar-refractivity contribution in [3.8, 4) is 0 Å². The molecule has 2 N–H and O–H groups in total. The predicted octanol–water partition coefficient (Wildman–Crippen LogP) is -1.16. The van der Waals surface area contributed by atoms with Gasteiger partial charge in [-0.05, 0) is 0 Å². The second kappa shape index (κ2) is 4.90. The van der Waals surface area contributed by atoms with E-state index in [4.69, 9.17) is 0 Å². The van der Waals surface area contributed by atoms with Crippen LogP contribution in [0.15, 0.2) is 6.33 Å². The van der Waals surface area contributed by atoms with Crippen molar-refractivity contribution in [2.45, 2.75) is 6.54 Å². The molecule has 0 saturated carbocycles. The Kier molecular flexibility index (Phi) is 3.79. The van der Waals surface area contributed by atoms with Crippen molar-refractivity contribution >= 4 is 16.3 Å². The van der Waals surface area contributed by atoms with Gasteiger partial charge >= 0.3 is 16.3 Å². The summed E-state index contributed by atoms with van der Waals surface area (Å²) in [5.74, 6) is 0.359. The topological polar surface area (TPSA) is 117 Å². The summed E-state index contributed by atoms with van der Waals surface area (Å²) in [6, 6.07) is 0. The van der Waals surface area contributed by atoms with Gasteiger partial charge in [-0.2, -0.15) is 17.8 Å². The molecule has 90 valence electrons. The number of hydrogen-bond acceptors (Lipinski definition) is 6. The van der Waals surface area contributed by atoms with Crippen LogP contribution in [-0.2, 0) is 21.5 Å². The Morgan fingerprint density at radius 2 is 2.38 bits per heavy atom. The van der Waals surface area contributed by atoms with Crippen molar-refractivity contribution in [3.63, 3.8) is 0 Å². The average Bonchev–Trinajstić information content (AvgIpc) is 2.69. The number of carbonyl (C=O) groups is 1. The summed E-state index contributed by atoms with van der Waals surface area (Å²) in [6.07, 6.45) is 0.202. The van der Waals surface area contributed by atoms with Gasteiger partial charge in [-0.25, -0.2) is 14.5 Å². The average molecular weight is 249 g/mol. The van der Waals surface area contributed by atoms with E-state index in [2.05, 4.69) is 19.9 Å². The number of aromatic nitrogens is 3. The van der Waals surface area contributed by atoms with Crippen molar-refractivity contribution in [1.82, 2.24) is 24.2 Å². The van der Waals surface area contributed by atoms with Crippen molar-refractivity contribution in [3.05, 3.63) is 12.2 Å². The van der Waals surface area contributed by atoms with E-state index in [0.717, 1.165) is 11.4 Å². The molecule has 0 unspecified atom stereocenters. The fourth-order valence-electron chi connectivity index (χ4n) is 0.828. The number of carbonyl (C=O) groups excluding carboxylic acids is 1. The first-order chi connectivity index (χ1) is 7.45. The van der Waals surface area contributed by atoms with Crippen molar-refractivity contribution in [2.75, 3.05) is 14.2 Å². The van der Waals surface area contributed by atoms with E-state index in [-0.39, 0.29) is 6.54 Å². The molecular weight excluding hydrogens is 238 g/mol. The molecule has 0 spiro atoms. The lowest BCUT2D eigenvalue weighted by Crippen LogP contribution is -2.41. The monoisotopic (exact) mass is 249 g/mol. The molecule has 0 aliphatic carbocycles. The van der Waals surface area contributed by atoms with Gasteiger partial charge in [-0.1, -0.05) is 0 Å². The minimum absolute atomic E-state index is 0.0354. The zero-order valence-electron chi connectivity index (χ0n) is 8.67. The van der Waals surface area contributed by atoms with Crippen LogP contribution >= 0.6 is 0 Å². The minimum atomic E-state index is -3.93. The second-order valence-electron chi connectivity index (χ2n) is 2.79. The molecule has 9 nitrogen and oxygen atoms in total. The number of ether oxygens (including phenoxy) is 1. The normalized spacial score (nSPS) is 11.4. The third kappa shape index (κ3) is 3.17. The van der Waals surface area contributed by atoms with Crippen molar-refractivity contribution in [2.24, 2.45) is 0 Å². The van der Waals surface area contributed by atoms with Crippen molar-refractivity contribution < 1.29 is 17.9 Å². The summed E-state index contributed by atoms with van der Waals surface area (Å²) >= 11 is 0. The number of methoxy groups -OCH3 is 1. The van der Waals surface area contributed by atoms with Crippen LogP contribution in [0, 0.1) is 0 Å². The Bertz CT molecular complexity index is 441. The minimum Gasteiger partial charge on any atom is -0.452 e. The molecule has 0 bridgehead atoms. The number of hydrogen-bond donors (Lipinski definition) is 2. The van der Waals surface area contributed by atoms with E-state index in [9.17, 15) is 13.2 Å². The fourth-order valence-corrected chi connectivity index (χ4v) is 1.57. The molecule has 0 saturated heterocycles. The van der Waals surface area contributed by atoms with Crippen LogP contribution in [0.4, 0.5) is 4.79 Å². The molecule has 1 aromatic heterocycles. The molecule has 1 rings (SSSR count). The van der Waals surface area contributed by atoms with Gasteiger partial charge in [0.15, 0.2) is 0 Å². The smallest absolute Gasteiger partial charge is 0.421 e. The molecule has 1 amide bonds. The lowest BCUT2D eigenvalue weighted by atomic mass is 10.6. The lowest BCUT2D eigenvalue weighted by molar-refractivity contribution is 0.177. The number of nitrogens with zero attached hydrogens (tertiary/aromatic N) is 3. The Balaban J connectivity index is 2.65. The Morgan fingerprint density at radius 1 is 1.69 bits per heavy atom. The highest BCUT2D eigenvalue weighted by molar-refractivity contribution is 7.87. The maximum absolute atomic E-state index is 11.5. The van der Waals surface area contributed by atoms with Crippen LogP contribution < -0.4 is 4.72 Å². The molecule has 0 aliphatic rings. The summed E-state index contributed by atoms with van der Waals surface area (Å²) in [5.41, 5.74) is 0. The molecule has 0 atom stereocenters. The number of aromatic amines is 1. The Hall–Kier alpha value is -1.68. The Morgan fingerprint density at radius 3 is 2.88 bits per heavy atom. The Labute approximate surface area is 92.0 Å². The fraction of sp³-hybridized carbons (Fsp3) is 0.500. The first-order valence-electron chi connectivity index (χ1n) is 4.12. The molecule has 1 aromatic rings. The first-order valence-corrected chi connectivity index (χ1v) is 5.56. The second-order valence-corrected chi connectivity index (χ2v) is 4.56. The number of nitrogens with one attached hydrogen (secondary N) is 2. The van der Waals surface area contributed by atoms with E-state index < -0.39 is 16.3 Å². The first kappa shape index (κ1) is 12.4. The van der Waals surface area contributed by atoms with Crippen LogP contribution in [0.25, 0.3) is 0 Å². The van der Waals surface area contributed by atoms with E-state index in [1.165, 1.54) is 13.4 Å². The summed E-state index contributed by atoms with van der Waals surface area (Å²) in [7, 11) is -1.57. The van der Waals surface area contributed by atoms with Crippen molar-refractivity contribution in [1.29, 1.82) is 0 Å². The van der Waals surface area contributed by atoms with Gasteiger partial charge in [0, 0.05) is 7.05 Å². The molecule has 0 aliphatic heterocycles. The zero-order valence-corrected chi connectivity index (χ0v) is 9.48. The van der Waals surface area contributed by atoms with Crippen LogP contribution in [0.5, 0.6) is 0 Å². The summed E-state index contributed by atoms with van der Waals surface area (Å²) < 4.78 is 29.7. The largest absolute Gasteiger partial charge is 0.452 e. The van der Waals surface area contributed by atoms with Crippen LogP contribution in [0.2, 0.25) is 0 Å². The molecule has 0 aromatic carbocycles. The van der Waals surface area contributed by atoms with E-state index in [0.29, 0.717) is 5.82 Å². The van der Waals surface area contributed by atoms with Crippen LogP contribution in [0.3, 0.4) is 0 Å². The van der Waals surface area contributed by atoms with E-state index in [1.807, 2.05) is 0 Å². The summed E-state index contributed by atoms with van der Waals surface area (Å²) in [5, 5.41) is 6.06. The zero-order chi connectivity index (χ0) is 12.2. The van der Waals surface area contributed by atoms with Gasteiger partial charge in [0.05, 0.1) is 13.7 Å². The van der Waals surface area contributed by atoms with Crippen LogP contribution in [0.1, 0.15) is 5.82 Å². The number of amides is 1. The number of rotatable bonds is 4. The van der Waals surface area contributed by atoms with Crippen LogP contribution in [-0.4, -0.2) is 48.2 Å². The van der Waals surface area contributed by atoms with Gasteiger partial charge in [-0.15, -0.1) is 0 Å². The van der Waals surface area contributed by atoms with Gasteiger partial charge in [-0.3, -0.25) is 5.10 Å². The predicted molar refractivity (Wildman–Crippen MR) is 52.3 cm³/mol. The highest BCUT2D eigenvalue weighted by Gasteiger charge is 2.21. The third-order valence-electron chi connectivity index (χ3n) is 1.65. The molecule has 0 fully saturated rings. The standard InChI is InChI=1S/C6H11N5O4S/c1-11(3-5-7-4-8-9-5)16(13,14)10-6(12)15-2/h4H,3H2,1-2H3,(H,10,12)(H,7,8,9). The highest BCUT2D eigenvalue weighted by Crippen LogP contribution is 2.00.